The van der Waals surface area contributed by atoms with E-state index in [1.807, 2.05) is 0 Å². The lowest BCUT2D eigenvalue weighted by molar-refractivity contribution is -0.0417. The molecule has 0 saturated carbocycles. The van der Waals surface area contributed by atoms with Crippen LogP contribution < -0.4 is 0 Å². The van der Waals surface area contributed by atoms with Gasteiger partial charge in [-0.25, -0.2) is 8.42 Å². The lowest BCUT2D eigenvalue weighted by Crippen LogP contribution is -2.56. The van der Waals surface area contributed by atoms with Crippen molar-refractivity contribution in [3.05, 3.63) is 0 Å². The van der Waals surface area contributed by atoms with Gasteiger partial charge >= 0.3 is 5.51 Å². The molecule has 1 unspecified atom stereocenters. The Morgan fingerprint density at radius 3 is 1.53 bits per heavy atom. The minimum Gasteiger partial charge on any atom is -0.308 e. The highest BCUT2D eigenvalue weighted by atomic mass is 32.4. The maximum absolute atomic E-state index is 12.3. The molecule has 0 aliphatic rings. The van der Waals surface area contributed by atoms with Gasteiger partial charge in [0.25, 0.3) is 7.22 Å². The fourth-order valence-corrected chi connectivity index (χ4v) is 6.89. The summed E-state index contributed by atoms with van der Waals surface area (Å²) in [4.78, 5) is 10.7. The summed E-state index contributed by atoms with van der Waals surface area (Å²) < 4.78 is 59.5. The van der Waals surface area contributed by atoms with E-state index < -0.39 is 27.1 Å². The molecule has 0 rings (SSSR count). The number of hydrogen-bond acceptors (Lipinski definition) is 3. The molecule has 0 heterocycles. The highest BCUT2D eigenvalue weighted by Gasteiger charge is 2.64. The number of carbonyl (C=O) groups is 1. The molecular weight excluding hydrogens is 249 g/mol. The van der Waals surface area contributed by atoms with Crippen LogP contribution in [-0.2, 0) is 14.1 Å². The zero-order valence-electron chi connectivity index (χ0n) is 8.84. The van der Waals surface area contributed by atoms with Crippen LogP contribution in [-0.4, -0.2) is 27.1 Å². The van der Waals surface area contributed by atoms with Crippen molar-refractivity contribution in [1.29, 1.82) is 0 Å². The molecule has 0 fully saturated rings. The van der Waals surface area contributed by atoms with Crippen LogP contribution in [0.2, 0.25) is 11.6 Å². The van der Waals surface area contributed by atoms with E-state index in [-0.39, 0.29) is 5.91 Å². The van der Waals surface area contributed by atoms with E-state index in [9.17, 15) is 26.4 Å². The second kappa shape index (κ2) is 3.58. The van der Waals surface area contributed by atoms with Gasteiger partial charge in [-0.3, -0.25) is 0 Å². The predicted octanol–water partition coefficient (Wildman–Crippen LogP) is 2.07. The predicted molar refractivity (Wildman–Crippen MR) is 53.1 cm³/mol. The van der Waals surface area contributed by atoms with Gasteiger partial charge in [-0.15, -0.1) is 0 Å². The van der Waals surface area contributed by atoms with E-state index in [2.05, 4.69) is 0 Å². The van der Waals surface area contributed by atoms with E-state index >= 15 is 0 Å². The molecule has 3 nitrogen and oxygen atoms in total. The average molecular weight is 262 g/mol. The lowest BCUT2D eigenvalue weighted by Gasteiger charge is -2.33. The molecule has 0 aromatic rings. The van der Waals surface area contributed by atoms with Crippen LogP contribution in [0.25, 0.3) is 0 Å². The van der Waals surface area contributed by atoms with Crippen LogP contribution >= 0.6 is 0 Å². The van der Waals surface area contributed by atoms with E-state index in [1.165, 1.54) is 20.8 Å². The molecule has 0 amide bonds. The van der Waals surface area contributed by atoms with Crippen LogP contribution in [0.15, 0.2) is 0 Å². The van der Waals surface area contributed by atoms with Gasteiger partial charge in [0, 0.05) is 0 Å². The fourth-order valence-electron chi connectivity index (χ4n) is 0.884. The van der Waals surface area contributed by atoms with Crippen molar-refractivity contribution in [1.82, 2.24) is 0 Å². The van der Waals surface area contributed by atoms with Crippen LogP contribution in [0, 0.1) is 0 Å². The lowest BCUT2D eigenvalue weighted by atomic mass is 10.2. The topological polar surface area (TPSA) is 51.2 Å². The molecular formula is C7H13F3O3SSi. The van der Waals surface area contributed by atoms with Gasteiger partial charge < -0.3 is 4.79 Å². The normalized spacial score (nSPS) is 18.3. The van der Waals surface area contributed by atoms with Gasteiger partial charge in [-0.05, 0) is 11.6 Å². The summed E-state index contributed by atoms with van der Waals surface area (Å²) in [6.45, 7) is 4.91. The largest absolute Gasteiger partial charge is 0.491 e. The maximum Gasteiger partial charge on any atom is 0.491 e. The summed E-state index contributed by atoms with van der Waals surface area (Å²) in [6, 6.07) is 0. The Bertz CT molecular complexity index is 355. The molecule has 0 spiro atoms. The van der Waals surface area contributed by atoms with E-state index in [0.29, 0.717) is 0 Å². The van der Waals surface area contributed by atoms with E-state index in [1.54, 1.807) is 0 Å². The maximum atomic E-state index is 12.3. The molecule has 0 N–H and O–H groups in total. The van der Waals surface area contributed by atoms with Gasteiger partial charge in [0.1, 0.15) is 5.91 Å². The van der Waals surface area contributed by atoms with Crippen molar-refractivity contribution < 1.29 is 26.4 Å². The number of carbonyl (C=O) groups excluding carboxylic acids is 1. The van der Waals surface area contributed by atoms with Crippen LogP contribution in [0.4, 0.5) is 13.2 Å². The average Bonchev–Trinajstić information content (AvgIpc) is 1.98. The molecule has 15 heavy (non-hydrogen) atoms. The third-order valence-corrected chi connectivity index (χ3v) is 13.9. The van der Waals surface area contributed by atoms with E-state index in [4.69, 9.17) is 0 Å². The SMILES string of the molecule is CC(C)(C)[Si](C)(C=O)S(=O)(=O)C(F)(F)F. The van der Waals surface area contributed by atoms with Gasteiger partial charge in [0.2, 0.25) is 9.29 Å². The first kappa shape index (κ1) is 14.6. The monoisotopic (exact) mass is 262 g/mol. The molecule has 8 heteroatoms. The quantitative estimate of drug-likeness (QED) is 0.565. The van der Waals surface area contributed by atoms with Crippen molar-refractivity contribution in [3.63, 3.8) is 0 Å². The van der Waals surface area contributed by atoms with Crippen molar-refractivity contribution in [2.75, 3.05) is 0 Å². The van der Waals surface area contributed by atoms with Gasteiger partial charge in [-0.1, -0.05) is 20.8 Å². The molecule has 90 valence electrons. The zero-order valence-corrected chi connectivity index (χ0v) is 10.7. The van der Waals surface area contributed by atoms with Gasteiger partial charge in [0.05, 0.1) is 0 Å². The Balaban J connectivity index is 5.86. The summed E-state index contributed by atoms with van der Waals surface area (Å²) in [5.74, 6) is -0.0180. The molecule has 0 bridgehead atoms. The first-order chi connectivity index (χ1) is 6.31. The van der Waals surface area contributed by atoms with Crippen molar-refractivity contribution in [2.24, 2.45) is 0 Å². The summed E-state index contributed by atoms with van der Waals surface area (Å²) >= 11 is 0. The first-order valence-electron chi connectivity index (χ1n) is 4.08. The Labute approximate surface area is 87.2 Å². The van der Waals surface area contributed by atoms with Crippen molar-refractivity contribution >= 4 is 22.4 Å². The molecule has 0 radical (unpaired) electrons. The van der Waals surface area contributed by atoms with Crippen LogP contribution in [0.3, 0.4) is 0 Å². The van der Waals surface area contributed by atoms with Gasteiger partial charge in [-0.2, -0.15) is 13.2 Å². The molecule has 0 aromatic heterocycles. The third kappa shape index (κ3) is 2.10. The Morgan fingerprint density at radius 1 is 1.13 bits per heavy atom. The summed E-state index contributed by atoms with van der Waals surface area (Å²) in [5, 5.41) is -1.19. The second-order valence-electron chi connectivity index (χ2n) is 4.42. The Hall–Kier alpha value is -0.373. The minimum absolute atomic E-state index is 0.0180. The fraction of sp³-hybridized carbons (Fsp3) is 0.857. The second-order valence-corrected chi connectivity index (χ2v) is 14.0. The molecule has 0 aromatic carbocycles. The molecule has 1 atom stereocenters. The number of hydrogen-bond donors (Lipinski definition) is 0. The van der Waals surface area contributed by atoms with E-state index in [0.717, 1.165) is 6.55 Å². The van der Waals surface area contributed by atoms with Gasteiger partial charge in [0.15, 0.2) is 0 Å². The van der Waals surface area contributed by atoms with Crippen molar-refractivity contribution in [3.8, 4) is 0 Å². The highest BCUT2D eigenvalue weighted by Crippen LogP contribution is 2.43. The molecule has 0 saturated heterocycles. The summed E-state index contributed by atoms with van der Waals surface area (Å²) in [5.41, 5.74) is -5.36. The van der Waals surface area contributed by atoms with Crippen LogP contribution in [0.1, 0.15) is 20.8 Å². The number of rotatable bonds is 2. The standard InChI is InChI=1S/C7H13F3O3SSi/c1-6(2,3)15(4,5-11)14(12,13)7(8,9)10/h5H,1-4H3. The van der Waals surface area contributed by atoms with Crippen LogP contribution in [0.5, 0.6) is 0 Å². The zero-order chi connectivity index (χ0) is 12.7. The number of alkyl halides is 3. The summed E-state index contributed by atoms with van der Waals surface area (Å²) in [6.07, 6.45) is 0. The smallest absolute Gasteiger partial charge is 0.308 e. The first-order valence-corrected chi connectivity index (χ1v) is 8.87. The Kier molecular flexibility index (Phi) is 3.49. The Morgan fingerprint density at radius 2 is 1.47 bits per heavy atom. The van der Waals surface area contributed by atoms with Crippen molar-refractivity contribution in [2.45, 2.75) is 37.9 Å². The highest BCUT2D eigenvalue weighted by molar-refractivity contribution is 8.25. The minimum atomic E-state index is -5.38. The molecule has 0 aliphatic heterocycles. The third-order valence-electron chi connectivity index (χ3n) is 2.58. The summed E-state index contributed by atoms with van der Waals surface area (Å²) in [7, 11) is -9.50. The number of halogens is 3. The molecule has 0 aliphatic carbocycles.